The molecule has 88 valence electrons. The molecule has 0 aromatic heterocycles. The van der Waals surface area contributed by atoms with Crippen molar-refractivity contribution < 1.29 is 0 Å². The van der Waals surface area contributed by atoms with E-state index in [1.807, 2.05) is 0 Å². The molecule has 1 aliphatic carbocycles. The molecule has 0 aromatic rings. The fourth-order valence-corrected chi connectivity index (χ4v) is 3.15. The maximum atomic E-state index is 6.44. The van der Waals surface area contributed by atoms with Crippen molar-refractivity contribution in [2.24, 2.45) is 5.73 Å². The van der Waals surface area contributed by atoms with Crippen LogP contribution < -0.4 is 5.73 Å². The van der Waals surface area contributed by atoms with E-state index in [-0.39, 0.29) is 5.54 Å². The van der Waals surface area contributed by atoms with Gasteiger partial charge in [-0.05, 0) is 38.8 Å². The number of hydrogen-bond donors (Lipinski definition) is 1. The van der Waals surface area contributed by atoms with Gasteiger partial charge in [-0.3, -0.25) is 0 Å². The second-order valence-electron chi connectivity index (χ2n) is 5.61. The first-order valence-corrected chi connectivity index (χ1v) is 6.80. The van der Waals surface area contributed by atoms with E-state index in [2.05, 4.69) is 4.90 Å². The van der Waals surface area contributed by atoms with Crippen LogP contribution in [-0.2, 0) is 0 Å². The lowest BCUT2D eigenvalue weighted by atomic mass is 9.97. The number of nitrogens with two attached hydrogens (primary N) is 1. The Morgan fingerprint density at radius 2 is 1.33 bits per heavy atom. The summed E-state index contributed by atoms with van der Waals surface area (Å²) in [5.74, 6) is 0. The summed E-state index contributed by atoms with van der Waals surface area (Å²) in [5.41, 5.74) is 6.60. The minimum Gasteiger partial charge on any atom is -0.324 e. The molecule has 0 unspecified atom stereocenters. The van der Waals surface area contributed by atoms with E-state index >= 15 is 0 Å². The van der Waals surface area contributed by atoms with E-state index in [1.165, 1.54) is 70.9 Å². The Morgan fingerprint density at radius 3 is 1.93 bits per heavy atom. The summed E-state index contributed by atoms with van der Waals surface area (Å²) in [6, 6.07) is 0. The van der Waals surface area contributed by atoms with Crippen LogP contribution in [0.25, 0.3) is 0 Å². The van der Waals surface area contributed by atoms with Gasteiger partial charge < -0.3 is 10.6 Å². The van der Waals surface area contributed by atoms with E-state index < -0.39 is 0 Å². The molecule has 1 saturated carbocycles. The summed E-state index contributed by atoms with van der Waals surface area (Å²) in [4.78, 5) is 2.63. The smallest absolute Gasteiger partial charge is 0.0283 e. The van der Waals surface area contributed by atoms with Gasteiger partial charge in [0.05, 0.1) is 0 Å². The monoisotopic (exact) mass is 210 g/mol. The molecular formula is C13H26N2. The van der Waals surface area contributed by atoms with Crippen LogP contribution in [0.1, 0.15) is 57.8 Å². The molecule has 2 fully saturated rings. The predicted molar refractivity (Wildman–Crippen MR) is 64.9 cm³/mol. The Labute approximate surface area is 94.2 Å². The lowest BCUT2D eigenvalue weighted by Crippen LogP contribution is -2.48. The van der Waals surface area contributed by atoms with Gasteiger partial charge in [-0.25, -0.2) is 0 Å². The van der Waals surface area contributed by atoms with Crippen molar-refractivity contribution in [2.45, 2.75) is 63.3 Å². The lowest BCUT2D eigenvalue weighted by Gasteiger charge is -2.33. The predicted octanol–water partition coefficient (Wildman–Crippen LogP) is 2.52. The van der Waals surface area contributed by atoms with Gasteiger partial charge in [-0.1, -0.05) is 32.1 Å². The molecule has 15 heavy (non-hydrogen) atoms. The Balaban J connectivity index is 1.80. The second-order valence-corrected chi connectivity index (χ2v) is 5.61. The summed E-state index contributed by atoms with van der Waals surface area (Å²) in [6.07, 6.45) is 12.3. The van der Waals surface area contributed by atoms with Crippen LogP contribution in [0.15, 0.2) is 0 Å². The van der Waals surface area contributed by atoms with Crippen LogP contribution >= 0.6 is 0 Å². The van der Waals surface area contributed by atoms with Crippen molar-refractivity contribution >= 4 is 0 Å². The van der Waals surface area contributed by atoms with Crippen LogP contribution in [0.4, 0.5) is 0 Å². The summed E-state index contributed by atoms with van der Waals surface area (Å²) in [5, 5.41) is 0. The fourth-order valence-electron chi connectivity index (χ4n) is 3.15. The Morgan fingerprint density at radius 1 is 0.800 bits per heavy atom. The molecule has 0 amide bonds. The quantitative estimate of drug-likeness (QED) is 0.759. The highest BCUT2D eigenvalue weighted by atomic mass is 15.1. The minimum atomic E-state index is 0.166. The van der Waals surface area contributed by atoms with Gasteiger partial charge in [0.2, 0.25) is 0 Å². The van der Waals surface area contributed by atoms with Gasteiger partial charge in [-0.15, -0.1) is 0 Å². The summed E-state index contributed by atoms with van der Waals surface area (Å²) >= 11 is 0. The molecule has 2 N–H and O–H groups in total. The molecule has 2 heteroatoms. The molecule has 0 atom stereocenters. The van der Waals surface area contributed by atoms with Crippen LogP contribution in [0.2, 0.25) is 0 Å². The zero-order valence-corrected chi connectivity index (χ0v) is 10.0. The topological polar surface area (TPSA) is 29.3 Å². The van der Waals surface area contributed by atoms with E-state index in [4.69, 9.17) is 5.73 Å². The standard InChI is InChI=1S/C13H26N2/c14-13(8-4-5-9-13)12-15-10-6-2-1-3-7-11-15/h1-12,14H2. The van der Waals surface area contributed by atoms with Gasteiger partial charge >= 0.3 is 0 Å². The molecule has 2 aliphatic rings. The fraction of sp³-hybridized carbons (Fsp3) is 1.00. The van der Waals surface area contributed by atoms with Gasteiger partial charge in [0, 0.05) is 12.1 Å². The third kappa shape index (κ3) is 3.46. The highest BCUT2D eigenvalue weighted by Crippen LogP contribution is 2.28. The zero-order chi connectivity index (χ0) is 10.6. The summed E-state index contributed by atoms with van der Waals surface area (Å²) in [6.45, 7) is 3.74. The largest absolute Gasteiger partial charge is 0.324 e. The Hall–Kier alpha value is -0.0800. The Bertz CT molecular complexity index is 177. The van der Waals surface area contributed by atoms with Crippen molar-refractivity contribution in [1.82, 2.24) is 4.90 Å². The second kappa shape index (κ2) is 5.31. The molecule has 1 aliphatic heterocycles. The van der Waals surface area contributed by atoms with Crippen LogP contribution in [0.3, 0.4) is 0 Å². The minimum absolute atomic E-state index is 0.166. The normalized spacial score (nSPS) is 28.6. The van der Waals surface area contributed by atoms with E-state index in [0.717, 1.165) is 6.54 Å². The first-order valence-electron chi connectivity index (χ1n) is 6.80. The highest BCUT2D eigenvalue weighted by Gasteiger charge is 2.31. The molecule has 0 aromatic carbocycles. The first-order chi connectivity index (χ1) is 7.29. The van der Waals surface area contributed by atoms with Crippen LogP contribution in [-0.4, -0.2) is 30.1 Å². The maximum Gasteiger partial charge on any atom is 0.0283 e. The van der Waals surface area contributed by atoms with Crippen molar-refractivity contribution in [3.8, 4) is 0 Å². The van der Waals surface area contributed by atoms with Crippen molar-refractivity contribution in [1.29, 1.82) is 0 Å². The maximum absolute atomic E-state index is 6.44. The van der Waals surface area contributed by atoms with E-state index in [0.29, 0.717) is 0 Å². The van der Waals surface area contributed by atoms with Gasteiger partial charge in [0.1, 0.15) is 0 Å². The molecule has 0 bridgehead atoms. The van der Waals surface area contributed by atoms with Gasteiger partial charge in [0.15, 0.2) is 0 Å². The average molecular weight is 210 g/mol. The SMILES string of the molecule is NC1(CN2CCCCCCC2)CCCC1. The molecular weight excluding hydrogens is 184 g/mol. The highest BCUT2D eigenvalue weighted by molar-refractivity contribution is 4.92. The summed E-state index contributed by atoms with van der Waals surface area (Å²) in [7, 11) is 0. The average Bonchev–Trinajstić information content (AvgIpc) is 2.57. The van der Waals surface area contributed by atoms with Crippen molar-refractivity contribution in [2.75, 3.05) is 19.6 Å². The van der Waals surface area contributed by atoms with Crippen LogP contribution in [0, 0.1) is 0 Å². The number of likely N-dealkylation sites (tertiary alicyclic amines) is 1. The summed E-state index contributed by atoms with van der Waals surface area (Å²) < 4.78 is 0. The molecule has 2 rings (SSSR count). The number of hydrogen-bond acceptors (Lipinski definition) is 2. The molecule has 1 heterocycles. The van der Waals surface area contributed by atoms with Crippen molar-refractivity contribution in [3.05, 3.63) is 0 Å². The Kier molecular flexibility index (Phi) is 4.04. The lowest BCUT2D eigenvalue weighted by molar-refractivity contribution is 0.193. The van der Waals surface area contributed by atoms with Gasteiger partial charge in [-0.2, -0.15) is 0 Å². The molecule has 1 saturated heterocycles. The van der Waals surface area contributed by atoms with Crippen LogP contribution in [0.5, 0.6) is 0 Å². The molecule has 2 nitrogen and oxygen atoms in total. The van der Waals surface area contributed by atoms with E-state index in [9.17, 15) is 0 Å². The zero-order valence-electron chi connectivity index (χ0n) is 10.0. The van der Waals surface area contributed by atoms with Crippen molar-refractivity contribution in [3.63, 3.8) is 0 Å². The number of nitrogens with zero attached hydrogens (tertiary/aromatic N) is 1. The van der Waals surface area contributed by atoms with E-state index in [1.54, 1.807) is 0 Å². The molecule has 0 spiro atoms. The first kappa shape index (κ1) is 11.4. The van der Waals surface area contributed by atoms with Gasteiger partial charge in [0.25, 0.3) is 0 Å². The third-order valence-corrected chi connectivity index (χ3v) is 4.09. The number of rotatable bonds is 2. The third-order valence-electron chi connectivity index (χ3n) is 4.09. The molecule has 0 radical (unpaired) electrons.